The smallest absolute Gasteiger partial charge is 0.220 e. The quantitative estimate of drug-likeness (QED) is 0.638. The second kappa shape index (κ2) is 8.29. The molecule has 0 aromatic rings. The van der Waals surface area contributed by atoms with Crippen LogP contribution >= 0.6 is 0 Å². The maximum absolute atomic E-state index is 11.7. The van der Waals surface area contributed by atoms with Crippen LogP contribution in [0.4, 0.5) is 0 Å². The van der Waals surface area contributed by atoms with E-state index < -0.39 is 0 Å². The molecule has 1 amide bonds. The fraction of sp³-hybridized carbons (Fsp3) is 0.786. The standard InChI is InChI=1S/C14H25NO2/c1-2-5-13(8-9-16)11-15-14(17)10-12-6-3-4-7-12/h3,6,12-13,16H,2,4-5,7-11H2,1H3,(H,15,17). The van der Waals surface area contributed by atoms with Crippen molar-refractivity contribution in [1.82, 2.24) is 5.32 Å². The summed E-state index contributed by atoms with van der Waals surface area (Å²) in [6.45, 7) is 3.06. The van der Waals surface area contributed by atoms with E-state index in [2.05, 4.69) is 24.4 Å². The number of nitrogens with one attached hydrogen (secondary N) is 1. The Morgan fingerprint density at radius 1 is 1.53 bits per heavy atom. The number of allylic oxidation sites excluding steroid dienone is 2. The Bertz CT molecular complexity index is 245. The van der Waals surface area contributed by atoms with Gasteiger partial charge in [0.15, 0.2) is 0 Å². The molecule has 0 bridgehead atoms. The third-order valence-electron chi connectivity index (χ3n) is 3.38. The first-order valence-electron chi connectivity index (χ1n) is 6.80. The fourth-order valence-electron chi connectivity index (χ4n) is 2.37. The Morgan fingerprint density at radius 2 is 2.35 bits per heavy atom. The highest BCUT2D eigenvalue weighted by Crippen LogP contribution is 2.20. The van der Waals surface area contributed by atoms with Gasteiger partial charge in [0.2, 0.25) is 5.91 Å². The molecule has 3 heteroatoms. The molecule has 0 fully saturated rings. The molecule has 0 radical (unpaired) electrons. The van der Waals surface area contributed by atoms with Gasteiger partial charge in [-0.2, -0.15) is 0 Å². The van der Waals surface area contributed by atoms with Crippen molar-refractivity contribution >= 4 is 5.91 Å². The number of aliphatic hydroxyl groups excluding tert-OH is 1. The molecular weight excluding hydrogens is 214 g/mol. The Hall–Kier alpha value is -0.830. The second-order valence-electron chi connectivity index (χ2n) is 4.94. The van der Waals surface area contributed by atoms with Gasteiger partial charge in [0, 0.05) is 19.6 Å². The fourth-order valence-corrected chi connectivity index (χ4v) is 2.37. The minimum Gasteiger partial charge on any atom is -0.396 e. The van der Waals surface area contributed by atoms with Gasteiger partial charge in [-0.05, 0) is 37.5 Å². The summed E-state index contributed by atoms with van der Waals surface area (Å²) in [7, 11) is 0. The van der Waals surface area contributed by atoms with Crippen molar-refractivity contribution in [3.05, 3.63) is 12.2 Å². The van der Waals surface area contributed by atoms with Gasteiger partial charge in [-0.3, -0.25) is 4.79 Å². The van der Waals surface area contributed by atoms with Crippen LogP contribution in [0.25, 0.3) is 0 Å². The molecule has 1 rings (SSSR count). The number of carbonyl (C=O) groups is 1. The van der Waals surface area contributed by atoms with E-state index in [-0.39, 0.29) is 12.5 Å². The lowest BCUT2D eigenvalue weighted by Crippen LogP contribution is -2.30. The van der Waals surface area contributed by atoms with Crippen LogP contribution in [0.15, 0.2) is 12.2 Å². The summed E-state index contributed by atoms with van der Waals surface area (Å²) < 4.78 is 0. The molecule has 2 unspecified atom stereocenters. The largest absolute Gasteiger partial charge is 0.396 e. The van der Waals surface area contributed by atoms with E-state index in [0.29, 0.717) is 24.8 Å². The SMILES string of the molecule is CCCC(CCO)CNC(=O)CC1C=CCC1. The normalized spacial score (nSPS) is 20.5. The van der Waals surface area contributed by atoms with Crippen LogP contribution in [0.5, 0.6) is 0 Å². The monoisotopic (exact) mass is 239 g/mol. The minimum atomic E-state index is 0.153. The zero-order valence-electron chi connectivity index (χ0n) is 10.8. The van der Waals surface area contributed by atoms with Crippen LogP contribution in [0.2, 0.25) is 0 Å². The molecule has 3 nitrogen and oxygen atoms in total. The molecular formula is C14H25NO2. The van der Waals surface area contributed by atoms with E-state index in [1.807, 2.05) is 0 Å². The Labute approximate surface area is 104 Å². The van der Waals surface area contributed by atoms with Crippen molar-refractivity contribution in [3.8, 4) is 0 Å². The van der Waals surface area contributed by atoms with Crippen molar-refractivity contribution in [2.45, 2.75) is 45.4 Å². The van der Waals surface area contributed by atoms with Crippen LogP contribution in [0.1, 0.15) is 45.4 Å². The maximum atomic E-state index is 11.7. The molecule has 1 aliphatic carbocycles. The number of carbonyl (C=O) groups excluding carboxylic acids is 1. The maximum Gasteiger partial charge on any atom is 0.220 e. The van der Waals surface area contributed by atoms with Crippen LogP contribution < -0.4 is 5.32 Å². The van der Waals surface area contributed by atoms with Crippen molar-refractivity contribution in [3.63, 3.8) is 0 Å². The van der Waals surface area contributed by atoms with E-state index >= 15 is 0 Å². The Kier molecular flexibility index (Phi) is 6.94. The van der Waals surface area contributed by atoms with Gasteiger partial charge in [-0.25, -0.2) is 0 Å². The van der Waals surface area contributed by atoms with Crippen LogP contribution in [-0.4, -0.2) is 24.2 Å². The molecule has 0 aliphatic heterocycles. The van der Waals surface area contributed by atoms with Crippen molar-refractivity contribution in [2.75, 3.05) is 13.2 Å². The van der Waals surface area contributed by atoms with E-state index in [9.17, 15) is 4.79 Å². The van der Waals surface area contributed by atoms with Crippen LogP contribution in [-0.2, 0) is 4.79 Å². The lowest BCUT2D eigenvalue weighted by atomic mass is 9.99. The van der Waals surface area contributed by atoms with Gasteiger partial charge in [0.1, 0.15) is 0 Å². The highest BCUT2D eigenvalue weighted by Gasteiger charge is 2.15. The molecule has 17 heavy (non-hydrogen) atoms. The molecule has 0 saturated carbocycles. The van der Waals surface area contributed by atoms with Crippen molar-refractivity contribution in [1.29, 1.82) is 0 Å². The number of amides is 1. The third-order valence-corrected chi connectivity index (χ3v) is 3.38. The highest BCUT2D eigenvalue weighted by molar-refractivity contribution is 5.76. The van der Waals surface area contributed by atoms with Gasteiger partial charge in [-0.15, -0.1) is 0 Å². The predicted octanol–water partition coefficient (Wildman–Crippen LogP) is 2.26. The zero-order valence-corrected chi connectivity index (χ0v) is 10.8. The predicted molar refractivity (Wildman–Crippen MR) is 69.6 cm³/mol. The van der Waals surface area contributed by atoms with Crippen molar-refractivity contribution < 1.29 is 9.90 Å². The van der Waals surface area contributed by atoms with E-state index in [4.69, 9.17) is 5.11 Å². The Morgan fingerprint density at radius 3 is 2.94 bits per heavy atom. The summed E-state index contributed by atoms with van der Waals surface area (Å²) in [5.41, 5.74) is 0. The van der Waals surface area contributed by atoms with Crippen LogP contribution in [0.3, 0.4) is 0 Å². The number of hydrogen-bond donors (Lipinski definition) is 2. The first-order chi connectivity index (χ1) is 8.26. The molecule has 2 atom stereocenters. The van der Waals surface area contributed by atoms with E-state index in [1.54, 1.807) is 0 Å². The molecule has 98 valence electrons. The van der Waals surface area contributed by atoms with E-state index in [1.165, 1.54) is 0 Å². The number of rotatable bonds is 8. The summed E-state index contributed by atoms with van der Waals surface area (Å²) in [5.74, 6) is 1.02. The molecule has 0 saturated heterocycles. The second-order valence-corrected chi connectivity index (χ2v) is 4.94. The molecule has 0 spiro atoms. The van der Waals surface area contributed by atoms with Crippen LogP contribution in [0, 0.1) is 11.8 Å². The average molecular weight is 239 g/mol. The molecule has 0 aromatic heterocycles. The number of aliphatic hydroxyl groups is 1. The average Bonchev–Trinajstić information content (AvgIpc) is 2.79. The third kappa shape index (κ3) is 5.87. The van der Waals surface area contributed by atoms with E-state index in [0.717, 1.165) is 32.1 Å². The summed E-state index contributed by atoms with van der Waals surface area (Å²) in [6, 6.07) is 0. The van der Waals surface area contributed by atoms with Gasteiger partial charge in [-0.1, -0.05) is 25.5 Å². The lowest BCUT2D eigenvalue weighted by Gasteiger charge is -2.16. The first kappa shape index (κ1) is 14.2. The lowest BCUT2D eigenvalue weighted by molar-refractivity contribution is -0.121. The molecule has 0 aromatic carbocycles. The minimum absolute atomic E-state index is 0.153. The number of hydrogen-bond acceptors (Lipinski definition) is 2. The van der Waals surface area contributed by atoms with Gasteiger partial charge < -0.3 is 10.4 Å². The summed E-state index contributed by atoms with van der Waals surface area (Å²) in [5, 5.41) is 11.9. The summed E-state index contributed by atoms with van der Waals surface area (Å²) in [4.78, 5) is 11.7. The Balaban J connectivity index is 2.18. The molecule has 1 aliphatic rings. The molecule has 0 heterocycles. The zero-order chi connectivity index (χ0) is 12.5. The van der Waals surface area contributed by atoms with Gasteiger partial charge in [0.25, 0.3) is 0 Å². The highest BCUT2D eigenvalue weighted by atomic mass is 16.3. The van der Waals surface area contributed by atoms with Gasteiger partial charge in [0.05, 0.1) is 0 Å². The topological polar surface area (TPSA) is 49.3 Å². The van der Waals surface area contributed by atoms with Gasteiger partial charge >= 0.3 is 0 Å². The summed E-state index contributed by atoms with van der Waals surface area (Å²) in [6.07, 6.45) is 10.1. The summed E-state index contributed by atoms with van der Waals surface area (Å²) >= 11 is 0. The van der Waals surface area contributed by atoms with Crippen molar-refractivity contribution in [2.24, 2.45) is 11.8 Å². The molecule has 2 N–H and O–H groups in total. The first-order valence-corrected chi connectivity index (χ1v) is 6.80.